The van der Waals surface area contributed by atoms with Crippen LogP contribution in [-0.2, 0) is 20.9 Å². The molecule has 8 heterocycles. The predicted octanol–water partition coefficient (Wildman–Crippen LogP) is 4.89. The van der Waals surface area contributed by atoms with Gasteiger partial charge in [-0.1, -0.05) is 12.1 Å². The van der Waals surface area contributed by atoms with Crippen molar-refractivity contribution >= 4 is 63.4 Å². The van der Waals surface area contributed by atoms with Gasteiger partial charge >= 0.3 is 0 Å². The lowest BCUT2D eigenvalue weighted by Gasteiger charge is -2.44. The van der Waals surface area contributed by atoms with Crippen molar-refractivity contribution in [3.63, 3.8) is 0 Å². The average molecular weight is 943 g/mol. The van der Waals surface area contributed by atoms with E-state index in [1.165, 1.54) is 28.5 Å². The van der Waals surface area contributed by atoms with Crippen molar-refractivity contribution < 1.29 is 42.7 Å². The lowest BCUT2D eigenvalue weighted by Crippen LogP contribution is -2.55. The first kappa shape index (κ1) is 43.4. The minimum Gasteiger partial charge on any atom is -0.508 e. The number of piperazine rings is 1. The van der Waals surface area contributed by atoms with E-state index in [2.05, 4.69) is 40.5 Å². The molecule has 4 atom stereocenters. The first-order valence-corrected chi connectivity index (χ1v) is 23.5. The molecular weight excluding hydrogens is 899 g/mol. The number of carbonyl (C=O) groups excluding carboxylic acids is 6. The molecule has 3 N–H and O–H groups in total. The Morgan fingerprint density at radius 1 is 0.853 bits per heavy atom. The van der Waals surface area contributed by atoms with Gasteiger partial charge in [-0.25, -0.2) is 13.8 Å². The number of likely N-dealkylation sites (tertiary alicyclic amines) is 1. The Kier molecular flexibility index (Phi) is 10.9. The molecule has 5 aromatic rings. The van der Waals surface area contributed by atoms with Crippen LogP contribution in [0.25, 0.3) is 11.3 Å². The van der Waals surface area contributed by atoms with E-state index in [0.29, 0.717) is 39.1 Å². The molecule has 0 aliphatic carbocycles. The van der Waals surface area contributed by atoms with E-state index in [1.807, 2.05) is 18.2 Å². The van der Waals surface area contributed by atoms with Crippen LogP contribution in [0.3, 0.4) is 0 Å². The number of fused-ring (bicyclic) bond motifs is 4. The highest BCUT2D eigenvalue weighted by Gasteiger charge is 2.47. The number of amides is 6. The van der Waals surface area contributed by atoms with E-state index in [9.17, 15) is 38.3 Å². The number of phenols is 1. The van der Waals surface area contributed by atoms with E-state index < -0.39 is 59.2 Å². The van der Waals surface area contributed by atoms with E-state index in [4.69, 9.17) is 0 Å². The minimum absolute atomic E-state index is 0.00271. The summed E-state index contributed by atoms with van der Waals surface area (Å²) in [6.45, 7) is 4.00. The number of halogens is 2. The third-order valence-corrected chi connectivity index (χ3v) is 14.9. The average Bonchev–Trinajstić information content (AvgIpc) is 4.08. The van der Waals surface area contributed by atoms with Crippen LogP contribution in [0.1, 0.15) is 86.8 Å². The van der Waals surface area contributed by atoms with Crippen molar-refractivity contribution in [1.82, 2.24) is 35.2 Å². The molecule has 0 radical (unpaired) electrons. The molecule has 2 aromatic heterocycles. The molecule has 6 aliphatic rings. The summed E-state index contributed by atoms with van der Waals surface area (Å²) in [6, 6.07) is 12.6. The molecule has 0 spiro atoms. The van der Waals surface area contributed by atoms with Crippen LogP contribution < -0.4 is 20.4 Å². The molecule has 17 nitrogen and oxygen atoms in total. The first-order chi connectivity index (χ1) is 32.9. The normalized spacial score (nSPS) is 22.2. The quantitative estimate of drug-likeness (QED) is 0.160. The van der Waals surface area contributed by atoms with Gasteiger partial charge in [0, 0.05) is 86.0 Å². The third kappa shape index (κ3) is 7.70. The van der Waals surface area contributed by atoms with Crippen molar-refractivity contribution in [2.24, 2.45) is 5.92 Å². The van der Waals surface area contributed by atoms with Gasteiger partial charge in [0.25, 0.3) is 23.6 Å². The smallest absolute Gasteiger partial charge is 0.262 e. The van der Waals surface area contributed by atoms with Crippen LogP contribution in [-0.4, -0.2) is 121 Å². The summed E-state index contributed by atoms with van der Waals surface area (Å²) in [5, 5.41) is 26.7. The number of nitrogens with zero attached hydrogens (tertiary/aromatic N) is 8. The summed E-state index contributed by atoms with van der Waals surface area (Å²) in [5.41, 5.74) is 2.48. The van der Waals surface area contributed by atoms with Gasteiger partial charge in [-0.05, 0) is 92.1 Å². The summed E-state index contributed by atoms with van der Waals surface area (Å²) in [7, 11) is 0. The SMILES string of the molecule is O=C1CCC(N2C(=O)c3cc(F)c(N4C5CCC4CN(CC4CCN(c6ccc(-c7ccc8c(c7)C(=O)N(C(C(=O)Nc7nccs7)c7cc(F)ccc7O)C8)nn6)CC4)C5)cc3C2=O)C(=O)N1. The number of aromatic hydroxyl groups is 1. The van der Waals surface area contributed by atoms with Crippen LogP contribution in [0, 0.1) is 17.6 Å². The zero-order chi connectivity index (χ0) is 47.0. The van der Waals surface area contributed by atoms with Crippen LogP contribution in [0.4, 0.5) is 25.4 Å². The van der Waals surface area contributed by atoms with Gasteiger partial charge in [0.2, 0.25) is 11.8 Å². The fourth-order valence-electron chi connectivity index (χ4n) is 10.9. The molecule has 4 saturated heterocycles. The number of benzene rings is 3. The van der Waals surface area contributed by atoms with Gasteiger partial charge < -0.3 is 19.8 Å². The Balaban J connectivity index is 0.707. The second-order valence-electron chi connectivity index (χ2n) is 18.3. The highest BCUT2D eigenvalue weighted by atomic mass is 32.1. The number of anilines is 3. The highest BCUT2D eigenvalue weighted by molar-refractivity contribution is 7.13. The van der Waals surface area contributed by atoms with Gasteiger partial charge in [-0.15, -0.1) is 21.5 Å². The number of thiazole rings is 1. The molecule has 11 rings (SSSR count). The molecule has 3 aromatic carbocycles. The number of nitrogens with one attached hydrogen (secondary N) is 2. The fourth-order valence-corrected chi connectivity index (χ4v) is 11.4. The number of imide groups is 2. The van der Waals surface area contributed by atoms with E-state index in [1.54, 1.807) is 17.5 Å². The number of aromatic nitrogens is 3. The van der Waals surface area contributed by atoms with E-state index in [-0.39, 0.29) is 53.9 Å². The maximum absolute atomic E-state index is 15.9. The monoisotopic (exact) mass is 942 g/mol. The Bertz CT molecular complexity index is 2900. The van der Waals surface area contributed by atoms with Crippen molar-refractivity contribution in [1.29, 1.82) is 0 Å². The molecule has 0 saturated carbocycles. The van der Waals surface area contributed by atoms with Gasteiger partial charge in [-0.2, -0.15) is 0 Å². The van der Waals surface area contributed by atoms with Crippen LogP contribution >= 0.6 is 11.3 Å². The van der Waals surface area contributed by atoms with E-state index >= 15 is 4.39 Å². The molecule has 4 fully saturated rings. The number of phenolic OH excluding ortho intramolecular Hbond substituents is 1. The summed E-state index contributed by atoms with van der Waals surface area (Å²) >= 11 is 1.19. The summed E-state index contributed by atoms with van der Waals surface area (Å²) in [4.78, 5) is 91.8. The summed E-state index contributed by atoms with van der Waals surface area (Å²) in [6.07, 6.45) is 5.18. The predicted molar refractivity (Wildman–Crippen MR) is 243 cm³/mol. The zero-order valence-electron chi connectivity index (χ0n) is 36.4. The van der Waals surface area contributed by atoms with Gasteiger partial charge in [0.15, 0.2) is 10.9 Å². The number of hydrogen-bond acceptors (Lipinski definition) is 14. The summed E-state index contributed by atoms with van der Waals surface area (Å²) in [5.74, 6) is -4.05. The third-order valence-electron chi connectivity index (χ3n) is 14.2. The van der Waals surface area contributed by atoms with Gasteiger partial charge in [0.1, 0.15) is 29.5 Å². The molecular formula is C48H44F2N10O7S. The molecule has 68 heavy (non-hydrogen) atoms. The molecule has 2 bridgehead atoms. The fraction of sp³-hybridized carbons (Fsp3) is 0.354. The first-order valence-electron chi connectivity index (χ1n) is 22.7. The van der Waals surface area contributed by atoms with E-state index in [0.717, 1.165) is 93.4 Å². The molecule has 348 valence electrons. The summed E-state index contributed by atoms with van der Waals surface area (Å²) < 4.78 is 30.3. The van der Waals surface area contributed by atoms with Crippen LogP contribution in [0.2, 0.25) is 0 Å². The molecule has 20 heteroatoms. The Hall–Kier alpha value is -7.19. The number of piperidine rings is 2. The number of hydrogen-bond donors (Lipinski definition) is 3. The van der Waals surface area contributed by atoms with Crippen molar-refractivity contribution in [3.05, 3.63) is 112 Å². The van der Waals surface area contributed by atoms with Crippen LogP contribution in [0.15, 0.2) is 72.2 Å². The topological polar surface area (TPSA) is 202 Å². The second kappa shape index (κ2) is 17.2. The highest BCUT2D eigenvalue weighted by Crippen LogP contribution is 2.41. The lowest BCUT2D eigenvalue weighted by molar-refractivity contribution is -0.136. The van der Waals surface area contributed by atoms with Crippen molar-refractivity contribution in [3.8, 4) is 17.0 Å². The Morgan fingerprint density at radius 3 is 2.32 bits per heavy atom. The standard InChI is InChI=1S/C48H44F2N10O7S/c49-28-3-8-39(61)34(18-28)42(44(64)53-48-51-13-16-68-48)58-22-27-2-1-26(17-31(27)45(58)65)36-6-9-40(55-54-36)57-14-11-25(12-15-57)21-56-23-29-4-5-30(24-56)59(29)38-20-33-32(19-35(38)50)46(66)60(47(33)67)37-7-10-41(62)52-43(37)63/h1-3,6,8-9,13,16-20,25,29-30,37,42,61H,4-5,7,10-12,14-15,21-24H2,(H,51,53,64)(H,52,62,63). The number of carbonyl (C=O) groups is 6. The van der Waals surface area contributed by atoms with Crippen LogP contribution in [0.5, 0.6) is 5.75 Å². The Morgan fingerprint density at radius 2 is 1.62 bits per heavy atom. The van der Waals surface area contributed by atoms with Crippen molar-refractivity contribution in [2.45, 2.75) is 69.2 Å². The molecule has 4 unspecified atom stereocenters. The van der Waals surface area contributed by atoms with Crippen molar-refractivity contribution in [2.75, 3.05) is 47.8 Å². The molecule has 6 aliphatic heterocycles. The van der Waals surface area contributed by atoms with Gasteiger partial charge in [0.05, 0.1) is 22.5 Å². The maximum atomic E-state index is 15.9. The lowest BCUT2D eigenvalue weighted by atomic mass is 9.95. The Labute approximate surface area is 391 Å². The van der Waals surface area contributed by atoms with Gasteiger partial charge in [-0.3, -0.25) is 49.2 Å². The molecule has 6 amide bonds. The minimum atomic E-state index is -1.35. The number of rotatable bonds is 10. The largest absolute Gasteiger partial charge is 0.508 e. The maximum Gasteiger partial charge on any atom is 0.262 e. The zero-order valence-corrected chi connectivity index (χ0v) is 37.3. The second-order valence-corrected chi connectivity index (χ2v) is 19.1.